The fraction of sp³-hybridized carbons (Fsp3) is 0.214. The Morgan fingerprint density at radius 1 is 0.941 bits per heavy atom. The van der Waals surface area contributed by atoms with Gasteiger partial charge in [0.2, 0.25) is 0 Å². The van der Waals surface area contributed by atoms with E-state index in [9.17, 15) is 9.59 Å². The number of rotatable bonds is 9. The maximum atomic E-state index is 13.6. The molecule has 1 saturated heterocycles. The van der Waals surface area contributed by atoms with Crippen LogP contribution < -0.4 is 0 Å². The normalized spacial score (nSPS) is 19.7. The summed E-state index contributed by atoms with van der Waals surface area (Å²) in [6, 6.07) is 29.2. The van der Waals surface area contributed by atoms with Crippen molar-refractivity contribution in [2.75, 3.05) is 5.75 Å². The predicted octanol–water partition coefficient (Wildman–Crippen LogP) is 6.63. The molecule has 0 bridgehead atoms. The molecule has 1 amide bonds. The third kappa shape index (κ3) is 5.57. The van der Waals surface area contributed by atoms with Gasteiger partial charge >= 0.3 is 5.30 Å². The van der Waals surface area contributed by atoms with Crippen molar-refractivity contribution < 1.29 is 14.3 Å². The molecule has 1 aliphatic rings. The predicted molar refractivity (Wildman–Crippen MR) is 141 cm³/mol. The van der Waals surface area contributed by atoms with Crippen LogP contribution in [0.25, 0.3) is 6.08 Å². The molecule has 34 heavy (non-hydrogen) atoms. The van der Waals surface area contributed by atoms with Gasteiger partial charge in [-0.3, -0.25) is 4.79 Å². The Morgan fingerprint density at radius 2 is 1.53 bits per heavy atom. The Hall–Kier alpha value is -2.96. The van der Waals surface area contributed by atoms with E-state index in [1.54, 1.807) is 0 Å². The van der Waals surface area contributed by atoms with Gasteiger partial charge in [-0.25, -0.2) is 4.79 Å². The van der Waals surface area contributed by atoms with Crippen LogP contribution in [-0.4, -0.2) is 32.0 Å². The SMILES string of the molecule is CCS[C@@]1(SC(=O)OCc2ccccc2)C(=O)N(Cc2ccccc2)[C@@H]1/C=C\c1ccccc1. The average Bonchev–Trinajstić information content (AvgIpc) is 2.88. The minimum atomic E-state index is -0.942. The van der Waals surface area contributed by atoms with Crippen LogP contribution >= 0.6 is 23.5 Å². The van der Waals surface area contributed by atoms with Crippen LogP contribution in [0, 0.1) is 0 Å². The quantitative estimate of drug-likeness (QED) is 0.192. The van der Waals surface area contributed by atoms with Gasteiger partial charge < -0.3 is 9.64 Å². The second-order valence-corrected chi connectivity index (χ2v) is 10.8. The van der Waals surface area contributed by atoms with E-state index in [1.807, 2.05) is 115 Å². The number of carbonyl (C=O) groups excluding carboxylic acids is 2. The van der Waals surface area contributed by atoms with Gasteiger partial charge in [0.1, 0.15) is 6.61 Å². The highest BCUT2D eigenvalue weighted by molar-refractivity contribution is 8.26. The van der Waals surface area contributed by atoms with E-state index in [4.69, 9.17) is 4.74 Å². The number of hydrogen-bond acceptors (Lipinski definition) is 5. The van der Waals surface area contributed by atoms with E-state index in [0.29, 0.717) is 12.3 Å². The standard InChI is InChI=1S/C28H27NO3S2/c1-2-33-28(34-27(31)32-21-24-16-10-5-11-17-24)25(19-18-22-12-6-3-7-13-22)29(26(28)30)20-23-14-8-4-9-15-23/h3-19,25H,2,20-21H2,1H3/b19-18-/t25-,28+/m1/s1. The molecule has 0 N–H and O–H groups in total. The summed E-state index contributed by atoms with van der Waals surface area (Å²) in [4.78, 5) is 28.3. The first-order valence-electron chi connectivity index (χ1n) is 11.2. The first-order valence-corrected chi connectivity index (χ1v) is 13.0. The molecule has 1 fully saturated rings. The number of ether oxygens (including phenoxy) is 1. The largest absolute Gasteiger partial charge is 0.453 e. The molecule has 0 aromatic heterocycles. The van der Waals surface area contributed by atoms with Crippen molar-refractivity contribution in [3.8, 4) is 0 Å². The van der Waals surface area contributed by atoms with Gasteiger partial charge in [0.25, 0.3) is 5.91 Å². The van der Waals surface area contributed by atoms with Crippen molar-refractivity contribution in [2.24, 2.45) is 0 Å². The van der Waals surface area contributed by atoms with Gasteiger partial charge in [-0.05, 0) is 34.2 Å². The summed E-state index contributed by atoms with van der Waals surface area (Å²) < 4.78 is 4.59. The number of likely N-dealkylation sites (tertiary alicyclic amines) is 1. The van der Waals surface area contributed by atoms with E-state index < -0.39 is 9.38 Å². The van der Waals surface area contributed by atoms with Gasteiger partial charge in [-0.2, -0.15) is 0 Å². The molecule has 1 aliphatic heterocycles. The number of hydrogen-bond donors (Lipinski definition) is 0. The van der Waals surface area contributed by atoms with Crippen LogP contribution in [0.5, 0.6) is 0 Å². The molecule has 3 aromatic rings. The highest BCUT2D eigenvalue weighted by Crippen LogP contribution is 2.52. The van der Waals surface area contributed by atoms with Crippen LogP contribution in [0.3, 0.4) is 0 Å². The number of thioether (sulfide) groups is 2. The van der Waals surface area contributed by atoms with Gasteiger partial charge in [0.15, 0.2) is 4.08 Å². The van der Waals surface area contributed by atoms with Crippen molar-refractivity contribution in [3.63, 3.8) is 0 Å². The minimum absolute atomic E-state index is 0.0485. The molecule has 4 nitrogen and oxygen atoms in total. The minimum Gasteiger partial charge on any atom is -0.453 e. The van der Waals surface area contributed by atoms with E-state index >= 15 is 0 Å². The summed E-state index contributed by atoms with van der Waals surface area (Å²) in [7, 11) is 0. The molecule has 0 aliphatic carbocycles. The Morgan fingerprint density at radius 3 is 2.15 bits per heavy atom. The van der Waals surface area contributed by atoms with E-state index in [0.717, 1.165) is 28.5 Å². The molecule has 4 rings (SSSR count). The fourth-order valence-corrected chi connectivity index (χ4v) is 6.64. The first kappa shape index (κ1) is 24.2. The summed E-state index contributed by atoms with van der Waals surface area (Å²) in [6.45, 7) is 2.69. The molecule has 3 aromatic carbocycles. The van der Waals surface area contributed by atoms with Crippen LogP contribution in [0.4, 0.5) is 4.79 Å². The second-order valence-electron chi connectivity index (χ2n) is 7.86. The Bertz CT molecular complexity index is 1120. The van der Waals surface area contributed by atoms with Crippen molar-refractivity contribution >= 4 is 40.8 Å². The lowest BCUT2D eigenvalue weighted by Gasteiger charge is -2.53. The number of amides is 1. The third-order valence-corrected chi connectivity index (χ3v) is 8.28. The zero-order valence-corrected chi connectivity index (χ0v) is 20.6. The van der Waals surface area contributed by atoms with Gasteiger partial charge in [0.05, 0.1) is 6.04 Å². The fourth-order valence-electron chi connectivity index (χ4n) is 3.90. The van der Waals surface area contributed by atoms with E-state index in [1.165, 1.54) is 11.8 Å². The number of carbonyl (C=O) groups is 2. The van der Waals surface area contributed by atoms with Gasteiger partial charge in [-0.15, -0.1) is 11.8 Å². The van der Waals surface area contributed by atoms with E-state index in [2.05, 4.69) is 0 Å². The smallest absolute Gasteiger partial charge is 0.369 e. The highest BCUT2D eigenvalue weighted by Gasteiger charge is 2.62. The molecule has 0 spiro atoms. The maximum Gasteiger partial charge on any atom is 0.369 e. The molecular weight excluding hydrogens is 462 g/mol. The van der Waals surface area contributed by atoms with Gasteiger partial charge in [-0.1, -0.05) is 110 Å². The van der Waals surface area contributed by atoms with Crippen molar-refractivity contribution in [3.05, 3.63) is 114 Å². The maximum absolute atomic E-state index is 13.6. The topological polar surface area (TPSA) is 46.6 Å². The third-order valence-electron chi connectivity index (χ3n) is 5.54. The Kier molecular flexibility index (Phi) is 8.14. The van der Waals surface area contributed by atoms with Crippen LogP contribution in [0.15, 0.2) is 97.1 Å². The van der Waals surface area contributed by atoms with Crippen molar-refractivity contribution in [1.82, 2.24) is 4.90 Å². The molecule has 0 unspecified atom stereocenters. The number of β-lactam (4-membered cyclic amide) rings is 1. The zero-order valence-electron chi connectivity index (χ0n) is 19.0. The second kappa shape index (κ2) is 11.4. The lowest BCUT2D eigenvalue weighted by Crippen LogP contribution is -2.69. The zero-order chi connectivity index (χ0) is 23.8. The molecule has 0 saturated carbocycles. The lowest BCUT2D eigenvalue weighted by molar-refractivity contribution is -0.145. The number of nitrogens with zero attached hydrogens (tertiary/aromatic N) is 1. The van der Waals surface area contributed by atoms with Crippen LogP contribution in [0.1, 0.15) is 23.6 Å². The Labute approximate surface area is 209 Å². The molecule has 2 atom stereocenters. The molecule has 174 valence electrons. The lowest BCUT2D eigenvalue weighted by atomic mass is 9.97. The average molecular weight is 490 g/mol. The van der Waals surface area contributed by atoms with E-state index in [-0.39, 0.29) is 18.6 Å². The van der Waals surface area contributed by atoms with Crippen LogP contribution in [0.2, 0.25) is 0 Å². The van der Waals surface area contributed by atoms with Gasteiger partial charge in [0, 0.05) is 6.54 Å². The summed E-state index contributed by atoms with van der Waals surface area (Å²) in [5.41, 5.74) is 3.02. The molecule has 1 heterocycles. The number of benzene rings is 3. The van der Waals surface area contributed by atoms with Crippen LogP contribution in [-0.2, 0) is 22.7 Å². The monoisotopic (exact) mass is 489 g/mol. The summed E-state index contributed by atoms with van der Waals surface area (Å²) in [5, 5.41) is -0.435. The summed E-state index contributed by atoms with van der Waals surface area (Å²) in [5.74, 6) is 0.659. The molecule has 0 radical (unpaired) electrons. The summed E-state index contributed by atoms with van der Waals surface area (Å²) >= 11 is 2.50. The Balaban J connectivity index is 1.56. The summed E-state index contributed by atoms with van der Waals surface area (Å²) in [6.07, 6.45) is 4.07. The highest BCUT2D eigenvalue weighted by atomic mass is 32.2. The molecular formula is C28H27NO3S2. The molecule has 6 heteroatoms. The van der Waals surface area contributed by atoms with Crippen molar-refractivity contribution in [2.45, 2.75) is 30.2 Å². The van der Waals surface area contributed by atoms with Crippen molar-refractivity contribution in [1.29, 1.82) is 0 Å². The first-order chi connectivity index (χ1) is 16.6.